The molecular formula is C11H9N3O. The Morgan fingerprint density at radius 1 is 1.20 bits per heavy atom. The lowest BCUT2D eigenvalue weighted by molar-refractivity contribution is 0.111. The van der Waals surface area contributed by atoms with Crippen LogP contribution in [0.5, 0.6) is 0 Å². The molecule has 2 aromatic rings. The minimum atomic E-state index is 0.105. The number of hydrogen-bond donors (Lipinski definition) is 0. The molecule has 4 nitrogen and oxygen atoms in total. The number of aromatic nitrogens is 3. The van der Waals surface area contributed by atoms with Gasteiger partial charge in [-0.15, -0.1) is 5.10 Å². The Morgan fingerprint density at radius 2 is 1.93 bits per heavy atom. The zero-order valence-corrected chi connectivity index (χ0v) is 8.21. The highest BCUT2D eigenvalue weighted by molar-refractivity contribution is 5.70. The van der Waals surface area contributed by atoms with Crippen molar-refractivity contribution in [1.29, 1.82) is 0 Å². The van der Waals surface area contributed by atoms with E-state index in [0.29, 0.717) is 12.0 Å². The molecule has 2 rings (SSSR count). The lowest BCUT2D eigenvalue weighted by Gasteiger charge is -2.00. The summed E-state index contributed by atoms with van der Waals surface area (Å²) in [5.41, 5.74) is 2.77. The van der Waals surface area contributed by atoms with Crippen LogP contribution < -0.4 is 0 Å². The monoisotopic (exact) mass is 199 g/mol. The van der Waals surface area contributed by atoms with E-state index in [9.17, 15) is 4.79 Å². The average molecular weight is 199 g/mol. The van der Waals surface area contributed by atoms with E-state index in [1.165, 1.54) is 11.8 Å². The van der Waals surface area contributed by atoms with Gasteiger partial charge in [-0.25, -0.2) is 4.98 Å². The van der Waals surface area contributed by atoms with E-state index in [4.69, 9.17) is 0 Å². The second-order valence-electron chi connectivity index (χ2n) is 3.18. The Bertz CT molecular complexity index is 479. The molecule has 1 aromatic heterocycles. The van der Waals surface area contributed by atoms with Gasteiger partial charge in [0.1, 0.15) is 0 Å². The quantitative estimate of drug-likeness (QED) is 0.690. The molecule has 0 amide bonds. The summed E-state index contributed by atoms with van der Waals surface area (Å²) < 4.78 is 0. The maximum Gasteiger partial charge on any atom is 0.215 e. The number of aryl methyl sites for hydroxylation is 1. The highest BCUT2D eigenvalue weighted by Gasteiger charge is 2.01. The Hall–Kier alpha value is -2.10. The molecule has 0 unspecified atom stereocenters. The molecule has 74 valence electrons. The summed E-state index contributed by atoms with van der Waals surface area (Å²) in [7, 11) is 0. The van der Waals surface area contributed by atoms with Crippen LogP contribution in [0.15, 0.2) is 30.5 Å². The molecule has 1 aromatic carbocycles. The number of aldehydes is 1. The van der Waals surface area contributed by atoms with E-state index in [2.05, 4.69) is 15.2 Å². The van der Waals surface area contributed by atoms with E-state index in [0.717, 1.165) is 5.56 Å². The molecule has 0 bridgehead atoms. The van der Waals surface area contributed by atoms with Crippen LogP contribution in [-0.4, -0.2) is 21.5 Å². The van der Waals surface area contributed by atoms with Crippen LogP contribution in [-0.2, 0) is 0 Å². The van der Waals surface area contributed by atoms with E-state index < -0.39 is 0 Å². The minimum absolute atomic E-state index is 0.105. The Balaban J connectivity index is 2.44. The van der Waals surface area contributed by atoms with Crippen LogP contribution in [0, 0.1) is 6.92 Å². The third kappa shape index (κ3) is 2.04. The number of benzene rings is 1. The lowest BCUT2D eigenvalue weighted by atomic mass is 10.1. The molecule has 0 aliphatic heterocycles. The normalized spacial score (nSPS) is 9.93. The third-order valence-electron chi connectivity index (χ3n) is 2.03. The van der Waals surface area contributed by atoms with Crippen molar-refractivity contribution in [1.82, 2.24) is 15.2 Å². The van der Waals surface area contributed by atoms with Crippen molar-refractivity contribution >= 4 is 6.29 Å². The summed E-state index contributed by atoms with van der Waals surface area (Å²) in [5.74, 6) is 0.105. The van der Waals surface area contributed by atoms with E-state index in [1.807, 2.05) is 31.2 Å². The van der Waals surface area contributed by atoms with Crippen LogP contribution in [0.4, 0.5) is 0 Å². The van der Waals surface area contributed by atoms with Gasteiger partial charge in [-0.3, -0.25) is 4.79 Å². The molecule has 0 fully saturated rings. The zero-order valence-electron chi connectivity index (χ0n) is 8.21. The number of hydrogen-bond acceptors (Lipinski definition) is 4. The standard InChI is InChI=1S/C11H9N3O/c1-8-2-4-9(5-3-8)10-6-12-14-11(7-15)13-10/h2-7H,1H3. The van der Waals surface area contributed by atoms with Gasteiger partial charge in [0.15, 0.2) is 6.29 Å². The Kier molecular flexibility index (Phi) is 2.49. The molecule has 0 aliphatic carbocycles. The molecule has 0 atom stereocenters. The first-order valence-corrected chi connectivity index (χ1v) is 4.51. The van der Waals surface area contributed by atoms with Gasteiger partial charge in [-0.2, -0.15) is 5.10 Å². The number of nitrogens with zero attached hydrogens (tertiary/aromatic N) is 3. The van der Waals surface area contributed by atoms with Gasteiger partial charge in [0, 0.05) is 5.56 Å². The summed E-state index contributed by atoms with van der Waals surface area (Å²) in [6.07, 6.45) is 2.13. The molecule has 0 aliphatic rings. The van der Waals surface area contributed by atoms with Crippen LogP contribution in [0.25, 0.3) is 11.3 Å². The average Bonchev–Trinajstić information content (AvgIpc) is 2.30. The van der Waals surface area contributed by atoms with Crippen LogP contribution >= 0.6 is 0 Å². The highest BCUT2D eigenvalue weighted by Crippen LogP contribution is 2.15. The largest absolute Gasteiger partial charge is 0.294 e. The molecular weight excluding hydrogens is 190 g/mol. The van der Waals surface area contributed by atoms with Crippen LogP contribution in [0.2, 0.25) is 0 Å². The summed E-state index contributed by atoms with van der Waals surface area (Å²) >= 11 is 0. The number of rotatable bonds is 2. The maximum absolute atomic E-state index is 10.5. The van der Waals surface area contributed by atoms with E-state index >= 15 is 0 Å². The second-order valence-corrected chi connectivity index (χ2v) is 3.18. The van der Waals surface area contributed by atoms with Crippen molar-refractivity contribution in [3.63, 3.8) is 0 Å². The first kappa shape index (κ1) is 9.45. The SMILES string of the molecule is Cc1ccc(-c2cnnc(C=O)n2)cc1. The first-order chi connectivity index (χ1) is 7.29. The maximum atomic E-state index is 10.5. The van der Waals surface area contributed by atoms with Gasteiger partial charge >= 0.3 is 0 Å². The third-order valence-corrected chi connectivity index (χ3v) is 2.03. The van der Waals surface area contributed by atoms with Gasteiger partial charge in [0.25, 0.3) is 0 Å². The molecule has 0 saturated heterocycles. The van der Waals surface area contributed by atoms with Gasteiger partial charge in [-0.1, -0.05) is 29.8 Å². The van der Waals surface area contributed by atoms with Crippen molar-refractivity contribution < 1.29 is 4.79 Å². The van der Waals surface area contributed by atoms with Gasteiger partial charge in [-0.05, 0) is 6.92 Å². The Labute approximate surface area is 87.0 Å². The summed E-state index contributed by atoms with van der Waals surface area (Å²) in [6.45, 7) is 2.01. The molecule has 1 heterocycles. The van der Waals surface area contributed by atoms with E-state index in [1.54, 1.807) is 0 Å². The van der Waals surface area contributed by atoms with Gasteiger partial charge < -0.3 is 0 Å². The highest BCUT2D eigenvalue weighted by atomic mass is 16.1. The fourth-order valence-corrected chi connectivity index (χ4v) is 1.23. The van der Waals surface area contributed by atoms with Crippen molar-refractivity contribution in [2.45, 2.75) is 6.92 Å². The molecule has 0 spiro atoms. The molecule has 0 N–H and O–H groups in total. The summed E-state index contributed by atoms with van der Waals surface area (Å²) in [5, 5.41) is 7.28. The molecule has 15 heavy (non-hydrogen) atoms. The van der Waals surface area contributed by atoms with Crippen LogP contribution in [0.1, 0.15) is 16.2 Å². The molecule has 0 saturated carbocycles. The predicted molar refractivity (Wildman–Crippen MR) is 55.4 cm³/mol. The number of carbonyl (C=O) groups is 1. The van der Waals surface area contributed by atoms with Crippen LogP contribution in [0.3, 0.4) is 0 Å². The van der Waals surface area contributed by atoms with Crippen molar-refractivity contribution in [3.8, 4) is 11.3 Å². The van der Waals surface area contributed by atoms with Crippen molar-refractivity contribution in [2.24, 2.45) is 0 Å². The smallest absolute Gasteiger partial charge is 0.215 e. The predicted octanol–water partition coefficient (Wildman–Crippen LogP) is 1.66. The Morgan fingerprint density at radius 3 is 2.60 bits per heavy atom. The van der Waals surface area contributed by atoms with Crippen molar-refractivity contribution in [2.75, 3.05) is 0 Å². The zero-order chi connectivity index (χ0) is 10.7. The van der Waals surface area contributed by atoms with Crippen molar-refractivity contribution in [3.05, 3.63) is 41.9 Å². The van der Waals surface area contributed by atoms with E-state index in [-0.39, 0.29) is 5.82 Å². The number of carbonyl (C=O) groups excluding carboxylic acids is 1. The van der Waals surface area contributed by atoms with Gasteiger partial charge in [0.2, 0.25) is 5.82 Å². The first-order valence-electron chi connectivity index (χ1n) is 4.51. The summed E-state index contributed by atoms with van der Waals surface area (Å²) in [6, 6.07) is 7.85. The fourth-order valence-electron chi connectivity index (χ4n) is 1.23. The lowest BCUT2D eigenvalue weighted by Crippen LogP contribution is -1.97. The minimum Gasteiger partial charge on any atom is -0.294 e. The molecule has 0 radical (unpaired) electrons. The van der Waals surface area contributed by atoms with Gasteiger partial charge in [0.05, 0.1) is 11.9 Å². The summed E-state index contributed by atoms with van der Waals surface area (Å²) in [4.78, 5) is 14.5. The molecule has 4 heteroatoms. The second kappa shape index (κ2) is 3.96. The fraction of sp³-hybridized carbons (Fsp3) is 0.0909. The topological polar surface area (TPSA) is 55.7 Å².